The highest BCUT2D eigenvalue weighted by Gasteiger charge is 2.10. The van der Waals surface area contributed by atoms with Gasteiger partial charge in [-0.05, 0) is 24.6 Å². The predicted molar refractivity (Wildman–Crippen MR) is 77.8 cm³/mol. The largest absolute Gasteiger partial charge is 0.496 e. The van der Waals surface area contributed by atoms with E-state index < -0.39 is 6.10 Å². The standard InChI is InChI=1S/C15H18N2O4/c1-10(18)11-4-5-13(20-2)12(8-11)9-17-15(19)7-6-14(16-17)21-3/h4-8,10,18H,9H2,1-3H3. The normalized spacial score (nSPS) is 12.0. The first-order chi connectivity index (χ1) is 10.0. The highest BCUT2D eigenvalue weighted by molar-refractivity contribution is 5.38. The Bertz CT molecular complexity index is 680. The molecule has 0 saturated heterocycles. The molecule has 0 aliphatic carbocycles. The van der Waals surface area contributed by atoms with Crippen LogP contribution in [0.5, 0.6) is 11.6 Å². The van der Waals surface area contributed by atoms with Gasteiger partial charge in [-0.2, -0.15) is 0 Å². The molecule has 1 aromatic carbocycles. The number of hydrogen-bond acceptors (Lipinski definition) is 5. The number of rotatable bonds is 5. The molecule has 1 N–H and O–H groups in total. The average Bonchev–Trinajstić information content (AvgIpc) is 2.49. The van der Waals surface area contributed by atoms with E-state index in [4.69, 9.17) is 9.47 Å². The summed E-state index contributed by atoms with van der Waals surface area (Å²) in [6, 6.07) is 8.27. The van der Waals surface area contributed by atoms with Gasteiger partial charge in [-0.1, -0.05) is 6.07 Å². The molecular weight excluding hydrogens is 272 g/mol. The van der Waals surface area contributed by atoms with Crippen molar-refractivity contribution in [1.29, 1.82) is 0 Å². The highest BCUT2D eigenvalue weighted by Crippen LogP contribution is 2.23. The van der Waals surface area contributed by atoms with Crippen LogP contribution in [-0.2, 0) is 6.54 Å². The Morgan fingerprint density at radius 3 is 2.62 bits per heavy atom. The molecule has 0 fully saturated rings. The van der Waals surface area contributed by atoms with Gasteiger partial charge in [0, 0.05) is 17.7 Å². The molecule has 0 aliphatic rings. The Labute approximate surface area is 122 Å². The fraction of sp³-hybridized carbons (Fsp3) is 0.333. The lowest BCUT2D eigenvalue weighted by Gasteiger charge is -2.13. The maximum atomic E-state index is 11.9. The molecule has 0 aliphatic heterocycles. The van der Waals surface area contributed by atoms with Crippen molar-refractivity contribution in [2.24, 2.45) is 0 Å². The topological polar surface area (TPSA) is 73.6 Å². The molecule has 1 heterocycles. The first kappa shape index (κ1) is 15.1. The maximum absolute atomic E-state index is 11.9. The van der Waals surface area contributed by atoms with Crippen molar-refractivity contribution >= 4 is 0 Å². The van der Waals surface area contributed by atoms with E-state index in [0.29, 0.717) is 11.6 Å². The van der Waals surface area contributed by atoms with E-state index >= 15 is 0 Å². The van der Waals surface area contributed by atoms with Gasteiger partial charge < -0.3 is 14.6 Å². The van der Waals surface area contributed by atoms with E-state index in [1.807, 2.05) is 0 Å². The fourth-order valence-corrected chi connectivity index (χ4v) is 2.00. The van der Waals surface area contributed by atoms with E-state index in [9.17, 15) is 9.90 Å². The number of methoxy groups -OCH3 is 2. The number of aliphatic hydroxyl groups is 1. The second-order valence-electron chi connectivity index (χ2n) is 4.62. The number of nitrogens with zero attached hydrogens (tertiary/aromatic N) is 2. The summed E-state index contributed by atoms with van der Waals surface area (Å²) in [6.45, 7) is 1.92. The molecule has 6 heteroatoms. The van der Waals surface area contributed by atoms with Crippen molar-refractivity contribution in [3.05, 3.63) is 51.8 Å². The van der Waals surface area contributed by atoms with Crippen LogP contribution in [0.15, 0.2) is 35.1 Å². The van der Waals surface area contributed by atoms with E-state index in [1.54, 1.807) is 32.2 Å². The summed E-state index contributed by atoms with van der Waals surface area (Å²) < 4.78 is 11.6. The number of hydrogen-bond donors (Lipinski definition) is 1. The second-order valence-corrected chi connectivity index (χ2v) is 4.62. The molecule has 1 unspecified atom stereocenters. The van der Waals surface area contributed by atoms with Crippen LogP contribution in [0.2, 0.25) is 0 Å². The van der Waals surface area contributed by atoms with Gasteiger partial charge >= 0.3 is 0 Å². The number of ether oxygens (including phenoxy) is 2. The Balaban J connectivity index is 2.42. The molecule has 1 aromatic heterocycles. The first-order valence-electron chi connectivity index (χ1n) is 6.52. The van der Waals surface area contributed by atoms with Crippen LogP contribution in [0.25, 0.3) is 0 Å². The molecule has 0 radical (unpaired) electrons. The van der Waals surface area contributed by atoms with E-state index in [-0.39, 0.29) is 12.1 Å². The predicted octanol–water partition coefficient (Wildman–Crippen LogP) is 1.36. The van der Waals surface area contributed by atoms with Crippen LogP contribution in [-0.4, -0.2) is 29.1 Å². The van der Waals surface area contributed by atoms with E-state index in [2.05, 4.69) is 5.10 Å². The number of benzene rings is 1. The van der Waals surface area contributed by atoms with Crippen LogP contribution in [0.1, 0.15) is 24.2 Å². The zero-order valence-electron chi connectivity index (χ0n) is 12.2. The van der Waals surface area contributed by atoms with Crippen molar-refractivity contribution < 1.29 is 14.6 Å². The Morgan fingerprint density at radius 2 is 2.00 bits per heavy atom. The summed E-state index contributed by atoms with van der Waals surface area (Å²) in [5, 5.41) is 13.8. The Hall–Kier alpha value is -2.34. The zero-order chi connectivity index (χ0) is 15.4. The molecule has 112 valence electrons. The van der Waals surface area contributed by atoms with Crippen molar-refractivity contribution in [2.45, 2.75) is 19.6 Å². The Kier molecular flexibility index (Phi) is 4.59. The lowest BCUT2D eigenvalue weighted by Crippen LogP contribution is -2.23. The van der Waals surface area contributed by atoms with Gasteiger partial charge in [-0.3, -0.25) is 4.79 Å². The smallest absolute Gasteiger partial charge is 0.267 e. The average molecular weight is 290 g/mol. The molecule has 21 heavy (non-hydrogen) atoms. The highest BCUT2D eigenvalue weighted by atomic mass is 16.5. The van der Waals surface area contributed by atoms with Crippen molar-refractivity contribution in [3.63, 3.8) is 0 Å². The molecule has 0 amide bonds. The van der Waals surface area contributed by atoms with Gasteiger partial charge in [-0.15, -0.1) is 5.10 Å². The first-order valence-corrected chi connectivity index (χ1v) is 6.52. The van der Waals surface area contributed by atoms with Gasteiger partial charge in [0.05, 0.1) is 26.9 Å². The lowest BCUT2D eigenvalue weighted by atomic mass is 10.1. The van der Waals surface area contributed by atoms with Crippen molar-refractivity contribution in [1.82, 2.24) is 9.78 Å². The molecule has 0 bridgehead atoms. The third kappa shape index (κ3) is 3.41. The second kappa shape index (κ2) is 6.41. The van der Waals surface area contributed by atoms with Crippen molar-refractivity contribution in [2.75, 3.05) is 14.2 Å². The van der Waals surface area contributed by atoms with Gasteiger partial charge in [0.15, 0.2) is 0 Å². The fourth-order valence-electron chi connectivity index (χ4n) is 2.00. The number of aliphatic hydroxyl groups excluding tert-OH is 1. The molecule has 0 spiro atoms. The monoisotopic (exact) mass is 290 g/mol. The zero-order valence-corrected chi connectivity index (χ0v) is 12.2. The number of aromatic nitrogens is 2. The van der Waals surface area contributed by atoms with Crippen LogP contribution in [0.4, 0.5) is 0 Å². The summed E-state index contributed by atoms with van der Waals surface area (Å²) in [5.41, 5.74) is 1.28. The summed E-state index contributed by atoms with van der Waals surface area (Å²) in [7, 11) is 3.05. The van der Waals surface area contributed by atoms with Crippen LogP contribution >= 0.6 is 0 Å². The third-order valence-corrected chi connectivity index (χ3v) is 3.16. The van der Waals surface area contributed by atoms with Crippen LogP contribution in [0, 0.1) is 0 Å². The minimum absolute atomic E-state index is 0.236. The summed E-state index contributed by atoms with van der Waals surface area (Å²) in [6.07, 6.45) is -0.593. The molecule has 2 rings (SSSR count). The minimum Gasteiger partial charge on any atom is -0.496 e. The Morgan fingerprint density at radius 1 is 1.24 bits per heavy atom. The minimum atomic E-state index is -0.593. The molecule has 6 nitrogen and oxygen atoms in total. The lowest BCUT2D eigenvalue weighted by molar-refractivity contribution is 0.199. The van der Waals surface area contributed by atoms with Gasteiger partial charge in [0.25, 0.3) is 5.56 Å². The molecule has 2 aromatic rings. The SMILES string of the molecule is COc1ccc(=O)n(Cc2cc(C(C)O)ccc2OC)n1. The summed E-state index contributed by atoms with van der Waals surface area (Å²) >= 11 is 0. The van der Waals surface area contributed by atoms with Gasteiger partial charge in [0.1, 0.15) is 5.75 Å². The van der Waals surface area contributed by atoms with E-state index in [1.165, 1.54) is 23.9 Å². The summed E-state index contributed by atoms with van der Waals surface area (Å²) in [5.74, 6) is 0.996. The molecular formula is C15H18N2O4. The molecule has 1 atom stereocenters. The van der Waals surface area contributed by atoms with Gasteiger partial charge in [0.2, 0.25) is 5.88 Å². The van der Waals surface area contributed by atoms with Crippen molar-refractivity contribution in [3.8, 4) is 11.6 Å². The molecule has 0 saturated carbocycles. The van der Waals surface area contributed by atoms with Crippen LogP contribution < -0.4 is 15.0 Å². The van der Waals surface area contributed by atoms with Gasteiger partial charge in [-0.25, -0.2) is 4.68 Å². The maximum Gasteiger partial charge on any atom is 0.267 e. The quantitative estimate of drug-likeness (QED) is 0.900. The van der Waals surface area contributed by atoms with Crippen LogP contribution in [0.3, 0.4) is 0 Å². The third-order valence-electron chi connectivity index (χ3n) is 3.16. The summed E-state index contributed by atoms with van der Waals surface area (Å²) in [4.78, 5) is 11.9. The van der Waals surface area contributed by atoms with E-state index in [0.717, 1.165) is 11.1 Å².